The minimum Gasteiger partial charge on any atom is -0.450 e. The number of hydrogen-bond acceptors (Lipinski definition) is 5. The first-order chi connectivity index (χ1) is 6.33. The maximum Gasteiger partial charge on any atom is 0.236 e. The van der Waals surface area contributed by atoms with Crippen molar-refractivity contribution in [2.24, 2.45) is 0 Å². The van der Waals surface area contributed by atoms with Gasteiger partial charge in [0, 0.05) is 12.1 Å². The molecule has 3 heterocycles. The Morgan fingerprint density at radius 2 is 2.23 bits per heavy atom. The van der Waals surface area contributed by atoms with Crippen LogP contribution in [0.2, 0.25) is 0 Å². The minimum absolute atomic E-state index is 0.0145. The standard InChI is InChI=1S/C8H3NO3S/c10-8-2-5-7(13-8)1-4-6(11-5)3-9-12-4/h1-3H. The molecule has 5 heteroatoms. The average Bonchev–Trinajstić information content (AvgIpc) is 2.63. The normalized spacial score (nSPS) is 11.4. The molecule has 0 saturated carbocycles. The second-order valence-electron chi connectivity index (χ2n) is 2.59. The Morgan fingerprint density at radius 3 is 3.15 bits per heavy atom. The molecule has 1 aromatic heterocycles. The van der Waals surface area contributed by atoms with E-state index >= 15 is 0 Å². The van der Waals surface area contributed by atoms with Crippen LogP contribution in [0, 0.1) is 0 Å². The molecule has 0 saturated heterocycles. The van der Waals surface area contributed by atoms with Crippen LogP contribution in [0.4, 0.5) is 0 Å². The van der Waals surface area contributed by atoms with Crippen molar-refractivity contribution < 1.29 is 8.94 Å². The van der Waals surface area contributed by atoms with Gasteiger partial charge in [-0.25, -0.2) is 0 Å². The van der Waals surface area contributed by atoms with Crippen LogP contribution in [-0.4, -0.2) is 5.16 Å². The summed E-state index contributed by atoms with van der Waals surface area (Å²) in [6.07, 6.45) is 1.48. The minimum atomic E-state index is -0.0145. The van der Waals surface area contributed by atoms with Crippen molar-refractivity contribution in [1.82, 2.24) is 5.16 Å². The Labute approximate surface area is 75.7 Å². The maximum absolute atomic E-state index is 11.0. The van der Waals surface area contributed by atoms with Crippen LogP contribution >= 0.6 is 11.3 Å². The van der Waals surface area contributed by atoms with E-state index in [0.717, 1.165) is 16.2 Å². The number of thiophene rings is 1. The molecule has 64 valence electrons. The van der Waals surface area contributed by atoms with Gasteiger partial charge in [0.05, 0.1) is 4.88 Å². The van der Waals surface area contributed by atoms with E-state index in [2.05, 4.69) is 5.16 Å². The van der Waals surface area contributed by atoms with E-state index < -0.39 is 0 Å². The van der Waals surface area contributed by atoms with Gasteiger partial charge in [-0.1, -0.05) is 16.5 Å². The van der Waals surface area contributed by atoms with Crippen molar-refractivity contribution in [1.29, 1.82) is 0 Å². The molecular weight excluding hydrogens is 190 g/mol. The SMILES string of the molecule is O=c1cc2oc3cnoc3cc-2s1. The highest BCUT2D eigenvalue weighted by Crippen LogP contribution is 2.29. The van der Waals surface area contributed by atoms with Gasteiger partial charge in [-0.3, -0.25) is 4.79 Å². The smallest absolute Gasteiger partial charge is 0.236 e. The van der Waals surface area contributed by atoms with Gasteiger partial charge in [0.25, 0.3) is 0 Å². The van der Waals surface area contributed by atoms with E-state index in [0.29, 0.717) is 16.9 Å². The summed E-state index contributed by atoms with van der Waals surface area (Å²) in [5.74, 6) is 0.589. The number of nitrogens with zero attached hydrogens (tertiary/aromatic N) is 1. The lowest BCUT2D eigenvalue weighted by molar-refractivity contribution is 0.455. The molecule has 2 aliphatic heterocycles. The van der Waals surface area contributed by atoms with Gasteiger partial charge in [-0.05, 0) is 0 Å². The number of aromatic nitrogens is 1. The predicted octanol–water partition coefficient (Wildman–Crippen LogP) is 1.95. The lowest BCUT2D eigenvalue weighted by Gasteiger charge is -1.93. The third kappa shape index (κ3) is 0.905. The van der Waals surface area contributed by atoms with E-state index in [4.69, 9.17) is 8.94 Å². The van der Waals surface area contributed by atoms with Gasteiger partial charge in [-0.2, -0.15) is 0 Å². The van der Waals surface area contributed by atoms with Crippen molar-refractivity contribution in [2.75, 3.05) is 0 Å². The van der Waals surface area contributed by atoms with Crippen molar-refractivity contribution >= 4 is 22.5 Å². The zero-order valence-electron chi connectivity index (χ0n) is 6.31. The number of fused-ring (bicyclic) bond motifs is 2. The summed E-state index contributed by atoms with van der Waals surface area (Å²) in [5.41, 5.74) is 1.12. The molecule has 0 radical (unpaired) electrons. The van der Waals surface area contributed by atoms with Crippen molar-refractivity contribution in [3.8, 4) is 10.6 Å². The van der Waals surface area contributed by atoms with E-state index in [-0.39, 0.29) is 4.74 Å². The van der Waals surface area contributed by atoms with Crippen LogP contribution in [0.15, 0.2) is 32.1 Å². The second kappa shape index (κ2) is 2.20. The molecule has 0 amide bonds. The van der Waals surface area contributed by atoms with Gasteiger partial charge in [0.15, 0.2) is 5.58 Å². The third-order valence-electron chi connectivity index (χ3n) is 1.75. The van der Waals surface area contributed by atoms with Gasteiger partial charge in [0.1, 0.15) is 12.0 Å². The third-order valence-corrected chi connectivity index (χ3v) is 2.61. The van der Waals surface area contributed by atoms with Gasteiger partial charge >= 0.3 is 0 Å². The fourth-order valence-electron chi connectivity index (χ4n) is 1.20. The summed E-state index contributed by atoms with van der Waals surface area (Å²) >= 11 is 1.13. The Bertz CT molecular complexity index is 543. The topological polar surface area (TPSA) is 56.2 Å². The highest BCUT2D eigenvalue weighted by molar-refractivity contribution is 7.13. The van der Waals surface area contributed by atoms with Crippen molar-refractivity contribution in [3.05, 3.63) is 27.9 Å². The summed E-state index contributed by atoms with van der Waals surface area (Å²) in [4.78, 5) is 11.8. The van der Waals surface area contributed by atoms with Crippen molar-refractivity contribution in [2.45, 2.75) is 0 Å². The molecule has 13 heavy (non-hydrogen) atoms. The van der Waals surface area contributed by atoms with E-state index in [1.54, 1.807) is 6.07 Å². The summed E-state index contributed by atoms with van der Waals surface area (Å²) < 4.78 is 10.2. The molecule has 1 aromatic rings. The molecule has 3 rings (SSSR count). The Morgan fingerprint density at radius 1 is 1.31 bits per heavy atom. The molecular formula is C8H3NO3S. The van der Waals surface area contributed by atoms with E-state index in [9.17, 15) is 4.79 Å². The number of rotatable bonds is 0. The van der Waals surface area contributed by atoms with Gasteiger partial charge < -0.3 is 8.94 Å². The number of hydrogen-bond donors (Lipinski definition) is 0. The Balaban J connectivity index is 2.56. The van der Waals surface area contributed by atoms with Crippen LogP contribution in [0.25, 0.3) is 21.8 Å². The van der Waals surface area contributed by atoms with Crippen molar-refractivity contribution in [3.63, 3.8) is 0 Å². The van der Waals surface area contributed by atoms with Gasteiger partial charge in [0.2, 0.25) is 10.3 Å². The van der Waals surface area contributed by atoms with Crippen LogP contribution in [-0.2, 0) is 0 Å². The molecule has 0 atom stereocenters. The Kier molecular flexibility index (Phi) is 1.16. The summed E-state index contributed by atoms with van der Waals surface area (Å²) in [5, 5.41) is 3.58. The zero-order chi connectivity index (χ0) is 8.84. The highest BCUT2D eigenvalue weighted by atomic mass is 32.1. The highest BCUT2D eigenvalue weighted by Gasteiger charge is 2.12. The summed E-state index contributed by atoms with van der Waals surface area (Å²) in [6, 6.07) is 3.22. The molecule has 2 aliphatic rings. The molecule has 0 aromatic carbocycles. The lowest BCUT2D eigenvalue weighted by Crippen LogP contribution is -1.79. The summed E-state index contributed by atoms with van der Waals surface area (Å²) in [6.45, 7) is 0. The Hall–Kier alpha value is -1.62. The lowest BCUT2D eigenvalue weighted by atomic mass is 10.3. The first kappa shape index (κ1) is 6.85. The summed E-state index contributed by atoms with van der Waals surface area (Å²) in [7, 11) is 0. The fraction of sp³-hybridized carbons (Fsp3) is 0. The first-order valence-corrected chi connectivity index (χ1v) is 4.43. The van der Waals surface area contributed by atoms with Crippen LogP contribution in [0.1, 0.15) is 0 Å². The zero-order valence-corrected chi connectivity index (χ0v) is 7.13. The molecule has 0 spiro atoms. The molecule has 0 N–H and O–H groups in total. The molecule has 0 bridgehead atoms. The van der Waals surface area contributed by atoms with Crippen LogP contribution in [0.5, 0.6) is 0 Å². The van der Waals surface area contributed by atoms with E-state index in [1.165, 1.54) is 12.3 Å². The molecule has 0 fully saturated rings. The quantitative estimate of drug-likeness (QED) is 0.547. The molecule has 0 unspecified atom stereocenters. The monoisotopic (exact) mass is 193 g/mol. The van der Waals surface area contributed by atoms with E-state index in [1.807, 2.05) is 0 Å². The predicted molar refractivity (Wildman–Crippen MR) is 47.0 cm³/mol. The van der Waals surface area contributed by atoms with Gasteiger partial charge in [-0.15, -0.1) is 0 Å². The average molecular weight is 193 g/mol. The first-order valence-electron chi connectivity index (χ1n) is 3.61. The maximum atomic E-state index is 11.0. The fourth-order valence-corrected chi connectivity index (χ4v) is 1.95. The molecule has 4 nitrogen and oxygen atoms in total. The largest absolute Gasteiger partial charge is 0.450 e. The van der Waals surface area contributed by atoms with Crippen LogP contribution < -0.4 is 4.74 Å². The van der Waals surface area contributed by atoms with Crippen LogP contribution in [0.3, 0.4) is 0 Å². The second-order valence-corrected chi connectivity index (χ2v) is 3.64. The molecule has 0 aliphatic carbocycles.